The molecule has 1 aliphatic heterocycles. The average Bonchev–Trinajstić information content (AvgIpc) is 2.77. The van der Waals surface area contributed by atoms with E-state index in [1.807, 2.05) is 0 Å². The minimum absolute atomic E-state index is 0.0218. The van der Waals surface area contributed by atoms with Crippen molar-refractivity contribution in [3.63, 3.8) is 0 Å². The molecule has 30 heavy (non-hydrogen) atoms. The van der Waals surface area contributed by atoms with Crippen LogP contribution in [0, 0.1) is 17.8 Å². The van der Waals surface area contributed by atoms with E-state index in [0.29, 0.717) is 15.8 Å². The summed E-state index contributed by atoms with van der Waals surface area (Å²) in [7, 11) is 1.31. The van der Waals surface area contributed by atoms with Crippen molar-refractivity contribution >= 4 is 38.0 Å². The Labute approximate surface area is 193 Å². The summed E-state index contributed by atoms with van der Waals surface area (Å²) < 4.78 is 10.7. The summed E-state index contributed by atoms with van der Waals surface area (Å²) in [4.78, 5) is 12.6. The summed E-state index contributed by atoms with van der Waals surface area (Å²) in [6, 6.07) is 9.60. The van der Waals surface area contributed by atoms with Crippen molar-refractivity contribution in [2.45, 2.75) is 75.9 Å². The number of unbranched alkanes of at least 4 members (excludes halogenated alkanes) is 2. The van der Waals surface area contributed by atoms with Gasteiger partial charge < -0.3 is 9.47 Å². The summed E-state index contributed by atoms with van der Waals surface area (Å²) >= 11 is 12.0. The molecule has 1 saturated carbocycles. The molecule has 1 saturated heterocycles. The molecule has 1 aliphatic carbocycles. The number of benzene rings is 1. The molecule has 0 aromatic heterocycles. The van der Waals surface area contributed by atoms with Crippen LogP contribution in [-0.4, -0.2) is 28.5 Å². The van der Waals surface area contributed by atoms with E-state index >= 15 is 0 Å². The molecule has 3 nitrogen and oxygen atoms in total. The number of methoxy groups -OCH3 is 1. The monoisotopic (exact) mass is 470 g/mol. The predicted molar refractivity (Wildman–Crippen MR) is 128 cm³/mol. The first-order valence-electron chi connectivity index (χ1n) is 11.7. The first-order chi connectivity index (χ1) is 14.6. The Morgan fingerprint density at radius 2 is 1.67 bits per heavy atom. The van der Waals surface area contributed by atoms with Gasteiger partial charge in [-0.1, -0.05) is 67.0 Å². The molecule has 6 heteroatoms. The van der Waals surface area contributed by atoms with Crippen molar-refractivity contribution in [3.8, 4) is 5.75 Å². The number of halogens is 2. The minimum Gasteiger partial charge on any atom is -0.426 e. The van der Waals surface area contributed by atoms with Crippen LogP contribution in [0.15, 0.2) is 18.2 Å². The molecule has 0 unspecified atom stereocenters. The Hall–Kier alpha value is -0.553. The van der Waals surface area contributed by atoms with Crippen LogP contribution in [0.3, 0.4) is 0 Å². The molecule has 2 fully saturated rings. The van der Waals surface area contributed by atoms with Crippen molar-refractivity contribution in [2.24, 2.45) is 17.8 Å². The number of carbonyl (C=O) groups is 1. The van der Waals surface area contributed by atoms with E-state index in [9.17, 15) is 4.79 Å². The van der Waals surface area contributed by atoms with Gasteiger partial charge in [0.15, 0.2) is 0 Å². The second-order valence-corrected chi connectivity index (χ2v) is 13.5. The van der Waals surface area contributed by atoms with E-state index in [0.717, 1.165) is 31.3 Å². The third-order valence-electron chi connectivity index (χ3n) is 7.23. The second-order valence-electron chi connectivity index (χ2n) is 9.23. The van der Waals surface area contributed by atoms with Gasteiger partial charge in [0, 0.05) is 28.6 Å². The number of hydrogen-bond donors (Lipinski definition) is 0. The lowest BCUT2D eigenvalue weighted by atomic mass is 9.74. The van der Waals surface area contributed by atoms with Crippen LogP contribution in [0.2, 0.25) is 28.2 Å². The predicted octanol–water partition coefficient (Wildman–Crippen LogP) is 7.16. The largest absolute Gasteiger partial charge is 0.426 e. The zero-order valence-electron chi connectivity index (χ0n) is 18.2. The third kappa shape index (κ3) is 7.25. The smallest absolute Gasteiger partial charge is 0.314 e. The summed E-state index contributed by atoms with van der Waals surface area (Å²) in [5, 5.41) is 0.889. The molecule has 168 valence electrons. The minimum atomic E-state index is -0.482. The Balaban J connectivity index is 1.34. The van der Waals surface area contributed by atoms with Crippen molar-refractivity contribution in [1.82, 2.24) is 0 Å². The number of esters is 1. The van der Waals surface area contributed by atoms with E-state index in [2.05, 4.69) is 0 Å². The highest BCUT2D eigenvalue weighted by atomic mass is 35.5. The highest BCUT2D eigenvalue weighted by Crippen LogP contribution is 2.41. The van der Waals surface area contributed by atoms with Gasteiger partial charge in [0.25, 0.3) is 0 Å². The fraction of sp³-hybridized carbons (Fsp3) is 0.708. The molecule has 0 radical (unpaired) electrons. The number of ether oxygens (including phenoxy) is 2. The van der Waals surface area contributed by atoms with Gasteiger partial charge in [0.05, 0.1) is 16.0 Å². The van der Waals surface area contributed by atoms with Gasteiger partial charge >= 0.3 is 5.97 Å². The second kappa shape index (κ2) is 12.5. The van der Waals surface area contributed by atoms with Gasteiger partial charge in [-0.25, -0.2) is 0 Å². The Kier molecular flexibility index (Phi) is 10.0. The van der Waals surface area contributed by atoms with Crippen molar-refractivity contribution in [1.29, 1.82) is 0 Å². The van der Waals surface area contributed by atoms with Crippen molar-refractivity contribution < 1.29 is 14.3 Å². The third-order valence-corrected chi connectivity index (χ3v) is 11.5. The molecular weight excluding hydrogens is 435 g/mol. The molecule has 0 amide bonds. The van der Waals surface area contributed by atoms with E-state index in [-0.39, 0.29) is 11.9 Å². The van der Waals surface area contributed by atoms with Crippen LogP contribution < -0.4 is 4.74 Å². The highest BCUT2D eigenvalue weighted by molar-refractivity contribution is 6.58. The number of hydrogen-bond acceptors (Lipinski definition) is 3. The van der Waals surface area contributed by atoms with Crippen LogP contribution in [-0.2, 0) is 9.53 Å². The van der Waals surface area contributed by atoms with Gasteiger partial charge in [-0.3, -0.25) is 4.79 Å². The lowest BCUT2D eigenvalue weighted by Gasteiger charge is -2.37. The molecule has 1 heterocycles. The average molecular weight is 472 g/mol. The molecule has 0 spiro atoms. The zero-order valence-corrected chi connectivity index (χ0v) is 20.9. The summed E-state index contributed by atoms with van der Waals surface area (Å²) in [5.41, 5.74) is 0. The van der Waals surface area contributed by atoms with Crippen LogP contribution >= 0.6 is 23.2 Å². The fourth-order valence-corrected chi connectivity index (χ4v) is 9.19. The van der Waals surface area contributed by atoms with E-state index in [4.69, 9.17) is 32.7 Å². The van der Waals surface area contributed by atoms with E-state index in [1.165, 1.54) is 63.1 Å². The Bertz CT molecular complexity index is 668. The molecule has 0 bridgehead atoms. The van der Waals surface area contributed by atoms with E-state index < -0.39 is 8.80 Å². The summed E-state index contributed by atoms with van der Waals surface area (Å²) in [6.45, 7) is 0.915. The molecule has 0 N–H and O–H groups in total. The van der Waals surface area contributed by atoms with Crippen LogP contribution in [0.5, 0.6) is 5.75 Å². The van der Waals surface area contributed by atoms with Crippen molar-refractivity contribution in [2.75, 3.05) is 13.7 Å². The number of rotatable bonds is 9. The maximum atomic E-state index is 12.6. The maximum absolute atomic E-state index is 12.6. The SMILES string of the molecule is COCCCCC[SiH]1CCC(C2CCC(C(=O)Oc3ccc(Cl)c(Cl)c3)CC2)CC1. The zero-order chi connectivity index (χ0) is 21.3. The van der Waals surface area contributed by atoms with Crippen molar-refractivity contribution in [3.05, 3.63) is 28.2 Å². The molecule has 1 aromatic rings. The van der Waals surface area contributed by atoms with Crippen LogP contribution in [0.1, 0.15) is 57.8 Å². The lowest BCUT2D eigenvalue weighted by molar-refractivity contribution is -0.140. The molecular formula is C24H36Cl2O3Si. The molecule has 2 aliphatic rings. The summed E-state index contributed by atoms with van der Waals surface area (Å²) in [5.74, 6) is 2.11. The first kappa shape index (κ1) is 24.1. The standard InChI is InChI=1S/C24H36Cl2O3Si/c1-28-13-3-2-4-14-30-15-11-19(12-16-30)18-5-7-20(8-6-18)24(27)29-21-9-10-22(25)23(26)17-21/h9-10,17-20,30H,2-8,11-16H2,1H3. The first-order valence-corrected chi connectivity index (χ1v) is 14.9. The Morgan fingerprint density at radius 3 is 2.33 bits per heavy atom. The maximum Gasteiger partial charge on any atom is 0.314 e. The fourth-order valence-electron chi connectivity index (χ4n) is 5.37. The van der Waals surface area contributed by atoms with Gasteiger partial charge in [0.2, 0.25) is 0 Å². The van der Waals surface area contributed by atoms with Crippen LogP contribution in [0.4, 0.5) is 0 Å². The quantitative estimate of drug-likeness (QED) is 0.166. The van der Waals surface area contributed by atoms with Crippen LogP contribution in [0.25, 0.3) is 0 Å². The van der Waals surface area contributed by atoms with Gasteiger partial charge in [-0.05, 0) is 56.1 Å². The topological polar surface area (TPSA) is 35.5 Å². The highest BCUT2D eigenvalue weighted by Gasteiger charge is 2.33. The molecule has 0 atom stereocenters. The Morgan fingerprint density at radius 1 is 0.967 bits per heavy atom. The lowest BCUT2D eigenvalue weighted by Crippen LogP contribution is -2.31. The molecule has 1 aromatic carbocycles. The van der Waals surface area contributed by atoms with Gasteiger partial charge in [0.1, 0.15) is 5.75 Å². The normalized spacial score (nSPS) is 27.0. The molecule has 3 rings (SSSR count). The summed E-state index contributed by atoms with van der Waals surface area (Å²) in [6.07, 6.45) is 11.1. The van der Waals surface area contributed by atoms with E-state index in [1.54, 1.807) is 25.3 Å². The van der Waals surface area contributed by atoms with Gasteiger partial charge in [-0.15, -0.1) is 0 Å². The van der Waals surface area contributed by atoms with Gasteiger partial charge in [-0.2, -0.15) is 0 Å². The number of carbonyl (C=O) groups excluding carboxylic acids is 1.